The van der Waals surface area contributed by atoms with Crippen LogP contribution in [0.2, 0.25) is 0 Å². The van der Waals surface area contributed by atoms with E-state index in [1.54, 1.807) is 0 Å². The topological polar surface area (TPSA) is 32.3 Å². The second-order valence-electron chi connectivity index (χ2n) is 4.38. The number of hydrogen-bond donors (Lipinski definition) is 2. The molecule has 0 heterocycles. The van der Waals surface area contributed by atoms with Crippen LogP contribution in [0.3, 0.4) is 0 Å². The van der Waals surface area contributed by atoms with Crippen molar-refractivity contribution in [3.05, 3.63) is 35.9 Å². The number of benzene rings is 1. The fourth-order valence-corrected chi connectivity index (χ4v) is 2.21. The molecule has 0 spiro atoms. The molecule has 2 heteroatoms. The van der Waals surface area contributed by atoms with Crippen LogP contribution in [0.1, 0.15) is 31.2 Å². The first-order chi connectivity index (χ1) is 7.34. The van der Waals surface area contributed by atoms with E-state index < -0.39 is 0 Å². The van der Waals surface area contributed by atoms with Gasteiger partial charge in [-0.2, -0.15) is 0 Å². The highest BCUT2D eigenvalue weighted by Crippen LogP contribution is 2.18. The van der Waals surface area contributed by atoms with Crippen molar-refractivity contribution < 1.29 is 5.11 Å². The van der Waals surface area contributed by atoms with E-state index in [2.05, 4.69) is 29.6 Å². The van der Waals surface area contributed by atoms with Crippen molar-refractivity contribution in [1.29, 1.82) is 0 Å². The molecule has 0 aromatic heterocycles. The molecule has 15 heavy (non-hydrogen) atoms. The van der Waals surface area contributed by atoms with Gasteiger partial charge >= 0.3 is 0 Å². The Morgan fingerprint density at radius 2 is 2.00 bits per heavy atom. The summed E-state index contributed by atoms with van der Waals surface area (Å²) < 4.78 is 0. The lowest BCUT2D eigenvalue weighted by Crippen LogP contribution is -2.35. The van der Waals surface area contributed by atoms with Gasteiger partial charge in [0.1, 0.15) is 0 Å². The van der Waals surface area contributed by atoms with Crippen molar-refractivity contribution in [2.75, 3.05) is 0 Å². The van der Waals surface area contributed by atoms with E-state index in [0.29, 0.717) is 6.04 Å². The molecule has 2 atom stereocenters. The number of nitrogens with one attached hydrogen (secondary N) is 1. The van der Waals surface area contributed by atoms with Crippen LogP contribution in [-0.2, 0) is 6.54 Å². The lowest BCUT2D eigenvalue weighted by molar-refractivity contribution is 0.111. The van der Waals surface area contributed by atoms with Gasteiger partial charge in [0.15, 0.2) is 0 Å². The smallest absolute Gasteiger partial charge is 0.0555 e. The Labute approximate surface area is 91.3 Å². The van der Waals surface area contributed by atoms with Gasteiger partial charge in [-0.1, -0.05) is 30.3 Å². The lowest BCUT2D eigenvalue weighted by atomic mass is 9.93. The molecule has 1 aliphatic rings. The quantitative estimate of drug-likeness (QED) is 0.792. The van der Waals surface area contributed by atoms with Gasteiger partial charge in [0.2, 0.25) is 0 Å². The highest BCUT2D eigenvalue weighted by atomic mass is 16.3. The first-order valence-electron chi connectivity index (χ1n) is 5.80. The Morgan fingerprint density at radius 3 is 2.73 bits per heavy atom. The average Bonchev–Trinajstić information content (AvgIpc) is 2.28. The molecule has 82 valence electrons. The van der Waals surface area contributed by atoms with Crippen LogP contribution in [0.5, 0.6) is 0 Å². The van der Waals surface area contributed by atoms with E-state index in [4.69, 9.17) is 0 Å². The summed E-state index contributed by atoms with van der Waals surface area (Å²) >= 11 is 0. The van der Waals surface area contributed by atoms with Crippen LogP contribution < -0.4 is 5.32 Å². The van der Waals surface area contributed by atoms with Gasteiger partial charge < -0.3 is 10.4 Å². The predicted octanol–water partition coefficient (Wildman–Crippen LogP) is 2.08. The Hall–Kier alpha value is -0.860. The summed E-state index contributed by atoms with van der Waals surface area (Å²) in [4.78, 5) is 0. The van der Waals surface area contributed by atoms with Crippen LogP contribution in [0.15, 0.2) is 30.3 Å². The lowest BCUT2D eigenvalue weighted by Gasteiger charge is -2.26. The van der Waals surface area contributed by atoms with Gasteiger partial charge in [-0.05, 0) is 31.2 Å². The molecule has 1 aliphatic carbocycles. The van der Waals surface area contributed by atoms with Gasteiger partial charge in [-0.25, -0.2) is 0 Å². The second-order valence-corrected chi connectivity index (χ2v) is 4.38. The Kier molecular flexibility index (Phi) is 3.75. The van der Waals surface area contributed by atoms with Gasteiger partial charge in [0.05, 0.1) is 6.10 Å². The molecule has 2 nitrogen and oxygen atoms in total. The molecular weight excluding hydrogens is 186 g/mol. The third kappa shape index (κ3) is 3.33. The summed E-state index contributed by atoms with van der Waals surface area (Å²) in [5, 5.41) is 13.0. The van der Waals surface area contributed by atoms with E-state index in [1.165, 1.54) is 12.0 Å². The molecule has 0 radical (unpaired) electrons. The van der Waals surface area contributed by atoms with Crippen LogP contribution in [-0.4, -0.2) is 17.3 Å². The van der Waals surface area contributed by atoms with Crippen molar-refractivity contribution >= 4 is 0 Å². The van der Waals surface area contributed by atoms with E-state index in [1.807, 2.05) is 6.07 Å². The van der Waals surface area contributed by atoms with Crippen LogP contribution in [0.25, 0.3) is 0 Å². The maximum absolute atomic E-state index is 9.54. The van der Waals surface area contributed by atoms with Crippen molar-refractivity contribution in [3.8, 4) is 0 Å². The van der Waals surface area contributed by atoms with Crippen molar-refractivity contribution in [1.82, 2.24) is 5.32 Å². The zero-order valence-corrected chi connectivity index (χ0v) is 9.02. The Balaban J connectivity index is 1.78. The largest absolute Gasteiger partial charge is 0.393 e. The molecule has 0 aliphatic heterocycles. The molecule has 0 unspecified atom stereocenters. The van der Waals surface area contributed by atoms with Gasteiger partial charge in [-0.3, -0.25) is 0 Å². The van der Waals surface area contributed by atoms with Crippen molar-refractivity contribution in [2.45, 2.75) is 44.4 Å². The molecule has 0 saturated heterocycles. The molecular formula is C13H19NO. The molecule has 2 rings (SSSR count). The first kappa shape index (κ1) is 10.7. The summed E-state index contributed by atoms with van der Waals surface area (Å²) in [5.74, 6) is 0. The Bertz CT molecular complexity index is 286. The summed E-state index contributed by atoms with van der Waals surface area (Å²) in [6.07, 6.45) is 4.14. The second kappa shape index (κ2) is 5.29. The van der Waals surface area contributed by atoms with Crippen LogP contribution in [0, 0.1) is 0 Å². The summed E-state index contributed by atoms with van der Waals surface area (Å²) in [5.41, 5.74) is 1.32. The average molecular weight is 205 g/mol. The molecule has 0 amide bonds. The maximum Gasteiger partial charge on any atom is 0.0555 e. The SMILES string of the molecule is O[C@@H]1CCC[C@H](NCc2ccccc2)C1. The van der Waals surface area contributed by atoms with E-state index in [9.17, 15) is 5.11 Å². The first-order valence-corrected chi connectivity index (χ1v) is 5.80. The minimum absolute atomic E-state index is 0.0907. The van der Waals surface area contributed by atoms with E-state index in [-0.39, 0.29) is 6.10 Å². The van der Waals surface area contributed by atoms with Crippen LogP contribution >= 0.6 is 0 Å². The monoisotopic (exact) mass is 205 g/mol. The van der Waals surface area contributed by atoms with Crippen molar-refractivity contribution in [3.63, 3.8) is 0 Å². The normalized spacial score (nSPS) is 26.5. The molecule has 1 saturated carbocycles. The zero-order chi connectivity index (χ0) is 10.5. The van der Waals surface area contributed by atoms with Crippen molar-refractivity contribution in [2.24, 2.45) is 0 Å². The highest BCUT2D eigenvalue weighted by molar-refractivity contribution is 5.14. The fourth-order valence-electron chi connectivity index (χ4n) is 2.21. The maximum atomic E-state index is 9.54. The standard InChI is InChI=1S/C13H19NO/c15-13-8-4-7-12(9-13)14-10-11-5-2-1-3-6-11/h1-3,5-6,12-15H,4,7-10H2/t12-,13+/m0/s1. The number of hydrogen-bond acceptors (Lipinski definition) is 2. The summed E-state index contributed by atoms with van der Waals surface area (Å²) in [6.45, 7) is 0.915. The van der Waals surface area contributed by atoms with Gasteiger partial charge in [0, 0.05) is 12.6 Å². The Morgan fingerprint density at radius 1 is 1.20 bits per heavy atom. The molecule has 1 fully saturated rings. The minimum atomic E-state index is -0.0907. The number of aliphatic hydroxyl groups excluding tert-OH is 1. The zero-order valence-electron chi connectivity index (χ0n) is 9.02. The third-order valence-corrected chi connectivity index (χ3v) is 3.08. The number of aliphatic hydroxyl groups is 1. The summed E-state index contributed by atoms with van der Waals surface area (Å²) in [7, 11) is 0. The van der Waals surface area contributed by atoms with Crippen LogP contribution in [0.4, 0.5) is 0 Å². The molecule has 0 bridgehead atoms. The predicted molar refractivity (Wildman–Crippen MR) is 61.5 cm³/mol. The van der Waals surface area contributed by atoms with Gasteiger partial charge in [-0.15, -0.1) is 0 Å². The molecule has 1 aromatic rings. The summed E-state index contributed by atoms with van der Waals surface area (Å²) in [6, 6.07) is 10.9. The fraction of sp³-hybridized carbons (Fsp3) is 0.538. The van der Waals surface area contributed by atoms with E-state index >= 15 is 0 Å². The van der Waals surface area contributed by atoms with E-state index in [0.717, 1.165) is 25.8 Å². The minimum Gasteiger partial charge on any atom is -0.393 e. The molecule has 2 N–H and O–H groups in total. The molecule has 1 aromatic carbocycles. The third-order valence-electron chi connectivity index (χ3n) is 3.08. The number of rotatable bonds is 3. The van der Waals surface area contributed by atoms with Gasteiger partial charge in [0.25, 0.3) is 0 Å². The highest BCUT2D eigenvalue weighted by Gasteiger charge is 2.19.